The van der Waals surface area contributed by atoms with E-state index in [1.54, 1.807) is 0 Å². The molecule has 0 saturated heterocycles. The second-order valence-electron chi connectivity index (χ2n) is 5.23. The van der Waals surface area contributed by atoms with Crippen molar-refractivity contribution in [3.8, 4) is 0 Å². The van der Waals surface area contributed by atoms with E-state index in [0.29, 0.717) is 24.2 Å². The van der Waals surface area contributed by atoms with Crippen LogP contribution in [0.5, 0.6) is 0 Å². The molecule has 1 atom stereocenters. The highest BCUT2D eigenvalue weighted by Gasteiger charge is 2.16. The molecular weight excluding hydrogens is 226 g/mol. The molecule has 0 bridgehead atoms. The van der Waals surface area contributed by atoms with Crippen LogP contribution in [-0.2, 0) is 6.54 Å². The van der Waals surface area contributed by atoms with Crippen molar-refractivity contribution in [2.24, 2.45) is 5.92 Å². The Kier molecular flexibility index (Phi) is 3.57. The van der Waals surface area contributed by atoms with Crippen molar-refractivity contribution in [3.05, 3.63) is 24.1 Å². The largest absolute Gasteiger partial charge is 0.439 e. The van der Waals surface area contributed by atoms with E-state index in [0.717, 1.165) is 17.0 Å². The van der Waals surface area contributed by atoms with Gasteiger partial charge in [-0.2, -0.15) is 0 Å². The fourth-order valence-corrected chi connectivity index (χ4v) is 1.93. The molecule has 2 aromatic rings. The Morgan fingerprint density at radius 3 is 2.72 bits per heavy atom. The zero-order valence-corrected chi connectivity index (χ0v) is 11.5. The summed E-state index contributed by atoms with van der Waals surface area (Å²) < 4.78 is 5.72. The van der Waals surface area contributed by atoms with Crippen molar-refractivity contribution in [1.82, 2.24) is 9.88 Å². The quantitative estimate of drug-likeness (QED) is 0.844. The maximum absolute atomic E-state index is 5.73. The number of nitrogens with zero attached hydrogens (tertiary/aromatic N) is 2. The van der Waals surface area contributed by atoms with E-state index in [1.807, 2.05) is 18.2 Å². The molecule has 2 rings (SSSR count). The Bertz CT molecular complexity index is 533. The Hall–Kier alpha value is -1.55. The molecule has 1 aromatic heterocycles. The summed E-state index contributed by atoms with van der Waals surface area (Å²) in [6, 6.07) is 6.03. The van der Waals surface area contributed by atoms with Crippen molar-refractivity contribution >= 4 is 16.8 Å². The minimum atomic E-state index is 0.491. The highest BCUT2D eigenvalue weighted by Crippen LogP contribution is 2.20. The minimum absolute atomic E-state index is 0.491. The van der Waals surface area contributed by atoms with Crippen LogP contribution in [0.1, 0.15) is 26.7 Å². The second-order valence-corrected chi connectivity index (χ2v) is 5.23. The van der Waals surface area contributed by atoms with Crippen molar-refractivity contribution in [2.75, 3.05) is 12.8 Å². The predicted octanol–water partition coefficient (Wildman–Crippen LogP) is 2.89. The van der Waals surface area contributed by atoms with Crippen LogP contribution in [0.3, 0.4) is 0 Å². The van der Waals surface area contributed by atoms with E-state index in [9.17, 15) is 0 Å². The number of anilines is 1. The Balaban J connectivity index is 2.17. The molecule has 98 valence electrons. The summed E-state index contributed by atoms with van der Waals surface area (Å²) in [6.45, 7) is 7.36. The van der Waals surface area contributed by atoms with Crippen molar-refractivity contribution in [2.45, 2.75) is 33.4 Å². The van der Waals surface area contributed by atoms with Crippen LogP contribution in [0.4, 0.5) is 5.69 Å². The van der Waals surface area contributed by atoms with Gasteiger partial charge in [0.1, 0.15) is 5.52 Å². The zero-order valence-electron chi connectivity index (χ0n) is 11.5. The molecule has 4 heteroatoms. The number of hydrogen-bond acceptors (Lipinski definition) is 4. The van der Waals surface area contributed by atoms with Gasteiger partial charge in [-0.25, -0.2) is 4.98 Å². The molecule has 1 aromatic carbocycles. The van der Waals surface area contributed by atoms with Crippen LogP contribution >= 0.6 is 0 Å². The lowest BCUT2D eigenvalue weighted by Gasteiger charge is -2.26. The standard InChI is InChI=1S/C14H21N3O/c1-9(2)10(3)17(4)8-14-16-12-7-11(15)5-6-13(12)18-14/h5-7,9-10H,8,15H2,1-4H3. The van der Waals surface area contributed by atoms with E-state index in [2.05, 4.69) is 37.7 Å². The Labute approximate surface area is 108 Å². The summed E-state index contributed by atoms with van der Waals surface area (Å²) in [7, 11) is 2.09. The number of benzene rings is 1. The summed E-state index contributed by atoms with van der Waals surface area (Å²) in [4.78, 5) is 6.72. The van der Waals surface area contributed by atoms with Gasteiger partial charge in [0, 0.05) is 11.7 Å². The Morgan fingerprint density at radius 2 is 2.06 bits per heavy atom. The lowest BCUT2D eigenvalue weighted by Crippen LogP contribution is -2.32. The third-order valence-electron chi connectivity index (χ3n) is 3.50. The molecule has 0 aliphatic rings. The van der Waals surface area contributed by atoms with Gasteiger partial charge in [0.25, 0.3) is 0 Å². The molecule has 4 nitrogen and oxygen atoms in total. The summed E-state index contributed by atoms with van der Waals surface area (Å²) in [5, 5.41) is 0. The molecular formula is C14H21N3O. The zero-order chi connectivity index (χ0) is 13.3. The normalized spacial score (nSPS) is 13.7. The number of nitrogen functional groups attached to an aromatic ring is 1. The molecule has 0 spiro atoms. The molecule has 1 unspecified atom stereocenters. The topological polar surface area (TPSA) is 55.3 Å². The van der Waals surface area contributed by atoms with E-state index >= 15 is 0 Å². The molecule has 18 heavy (non-hydrogen) atoms. The van der Waals surface area contributed by atoms with Crippen LogP contribution in [0.15, 0.2) is 22.6 Å². The maximum Gasteiger partial charge on any atom is 0.209 e. The number of hydrogen-bond donors (Lipinski definition) is 1. The maximum atomic E-state index is 5.73. The highest BCUT2D eigenvalue weighted by molar-refractivity contribution is 5.76. The third-order valence-corrected chi connectivity index (χ3v) is 3.50. The van der Waals surface area contributed by atoms with Gasteiger partial charge in [-0.05, 0) is 38.1 Å². The fourth-order valence-electron chi connectivity index (χ4n) is 1.93. The number of rotatable bonds is 4. The number of nitrogens with two attached hydrogens (primary N) is 1. The molecule has 1 heterocycles. The van der Waals surface area contributed by atoms with E-state index in [1.165, 1.54) is 0 Å². The van der Waals surface area contributed by atoms with Gasteiger partial charge in [0.2, 0.25) is 5.89 Å². The van der Waals surface area contributed by atoms with Crippen LogP contribution in [-0.4, -0.2) is 23.0 Å². The predicted molar refractivity (Wildman–Crippen MR) is 74.2 cm³/mol. The van der Waals surface area contributed by atoms with Gasteiger partial charge in [0.05, 0.1) is 6.54 Å². The van der Waals surface area contributed by atoms with E-state index in [4.69, 9.17) is 10.2 Å². The van der Waals surface area contributed by atoms with E-state index in [-0.39, 0.29) is 0 Å². The summed E-state index contributed by atoms with van der Waals surface area (Å²) in [5.41, 5.74) is 8.07. The first-order chi connectivity index (χ1) is 8.47. The summed E-state index contributed by atoms with van der Waals surface area (Å²) >= 11 is 0. The molecule has 0 radical (unpaired) electrons. The average Bonchev–Trinajstić information content (AvgIpc) is 2.68. The smallest absolute Gasteiger partial charge is 0.209 e. The van der Waals surface area contributed by atoms with E-state index < -0.39 is 0 Å². The van der Waals surface area contributed by atoms with Crippen molar-refractivity contribution < 1.29 is 4.42 Å². The third kappa shape index (κ3) is 2.64. The monoisotopic (exact) mass is 247 g/mol. The van der Waals surface area contributed by atoms with Crippen molar-refractivity contribution in [1.29, 1.82) is 0 Å². The molecule has 2 N–H and O–H groups in total. The van der Waals surface area contributed by atoms with Crippen molar-refractivity contribution in [3.63, 3.8) is 0 Å². The first-order valence-electron chi connectivity index (χ1n) is 6.32. The van der Waals surface area contributed by atoms with Crippen LogP contribution < -0.4 is 5.73 Å². The first kappa shape index (κ1) is 12.9. The van der Waals surface area contributed by atoms with Gasteiger partial charge >= 0.3 is 0 Å². The number of oxazole rings is 1. The molecule has 0 fully saturated rings. The number of aromatic nitrogens is 1. The molecule has 0 aliphatic heterocycles. The summed E-state index contributed by atoms with van der Waals surface area (Å²) in [6.07, 6.45) is 0. The average molecular weight is 247 g/mol. The van der Waals surface area contributed by atoms with Gasteiger partial charge < -0.3 is 10.2 Å². The fraction of sp³-hybridized carbons (Fsp3) is 0.500. The van der Waals surface area contributed by atoms with Crippen LogP contribution in [0.25, 0.3) is 11.1 Å². The van der Waals surface area contributed by atoms with Crippen LogP contribution in [0, 0.1) is 5.92 Å². The molecule has 0 aliphatic carbocycles. The molecule has 0 saturated carbocycles. The summed E-state index contributed by atoms with van der Waals surface area (Å²) in [5.74, 6) is 1.35. The van der Waals surface area contributed by atoms with Gasteiger partial charge in [0.15, 0.2) is 5.58 Å². The SMILES string of the molecule is CC(C)C(C)N(C)Cc1nc2cc(N)ccc2o1. The van der Waals surface area contributed by atoms with Gasteiger partial charge in [-0.15, -0.1) is 0 Å². The lowest BCUT2D eigenvalue weighted by atomic mass is 10.1. The van der Waals surface area contributed by atoms with Crippen LogP contribution in [0.2, 0.25) is 0 Å². The minimum Gasteiger partial charge on any atom is -0.439 e. The molecule has 0 amide bonds. The highest BCUT2D eigenvalue weighted by atomic mass is 16.3. The second kappa shape index (κ2) is 4.98. The number of fused-ring (bicyclic) bond motifs is 1. The first-order valence-corrected chi connectivity index (χ1v) is 6.32. The Morgan fingerprint density at radius 1 is 1.33 bits per heavy atom. The van der Waals surface area contributed by atoms with Gasteiger partial charge in [-0.3, -0.25) is 4.90 Å². The van der Waals surface area contributed by atoms with Gasteiger partial charge in [-0.1, -0.05) is 13.8 Å². The lowest BCUT2D eigenvalue weighted by molar-refractivity contribution is 0.185.